The molecule has 0 aromatic heterocycles. The second-order valence-corrected chi connectivity index (χ2v) is 10.1. The van der Waals surface area contributed by atoms with Crippen molar-refractivity contribution in [3.8, 4) is 0 Å². The Morgan fingerprint density at radius 2 is 1.64 bits per heavy atom. The number of amides is 3. The van der Waals surface area contributed by atoms with Crippen LogP contribution < -0.4 is 0 Å². The van der Waals surface area contributed by atoms with E-state index in [1.165, 1.54) is 15.9 Å². The van der Waals surface area contributed by atoms with Gasteiger partial charge in [-0.05, 0) is 65.9 Å². The summed E-state index contributed by atoms with van der Waals surface area (Å²) in [6.45, 7) is 6.02. The van der Waals surface area contributed by atoms with E-state index in [1.807, 2.05) is 19.0 Å². The average Bonchev–Trinajstić information content (AvgIpc) is 2.99. The van der Waals surface area contributed by atoms with Gasteiger partial charge >= 0.3 is 5.97 Å². The fourth-order valence-electron chi connectivity index (χ4n) is 4.35. The number of esters is 1. The number of ether oxygens (including phenoxy) is 1. The van der Waals surface area contributed by atoms with Crippen molar-refractivity contribution < 1.29 is 23.9 Å². The molecule has 3 rings (SSSR count). The second kappa shape index (κ2) is 10.0. The molecule has 0 N–H and O–H groups in total. The average molecular weight is 458 g/mol. The Bertz CT molecular complexity index is 928. The molecule has 1 aliphatic heterocycles. The summed E-state index contributed by atoms with van der Waals surface area (Å²) in [7, 11) is 3.77. The number of carbonyl (C=O) groups is 4. The molecule has 2 aliphatic rings. The lowest BCUT2D eigenvalue weighted by Crippen LogP contribution is -2.42. The van der Waals surface area contributed by atoms with Gasteiger partial charge in [0.15, 0.2) is 0 Å². The minimum absolute atomic E-state index is 0.0749. The zero-order valence-electron chi connectivity index (χ0n) is 20.3. The molecule has 3 amide bonds. The van der Waals surface area contributed by atoms with Gasteiger partial charge in [0.2, 0.25) is 0 Å². The molecule has 0 unspecified atom stereocenters. The largest absolute Gasteiger partial charge is 0.459 e. The van der Waals surface area contributed by atoms with Crippen molar-refractivity contribution in [1.82, 2.24) is 14.7 Å². The summed E-state index contributed by atoms with van der Waals surface area (Å²) in [4.78, 5) is 56.5. The summed E-state index contributed by atoms with van der Waals surface area (Å²) in [6, 6.07) is 4.55. The van der Waals surface area contributed by atoms with Crippen LogP contribution in [0.25, 0.3) is 0 Å². The Balaban J connectivity index is 1.82. The Hall–Kier alpha value is -2.74. The molecule has 0 saturated heterocycles. The van der Waals surface area contributed by atoms with Crippen LogP contribution in [-0.4, -0.2) is 83.8 Å². The Morgan fingerprint density at radius 1 is 1.00 bits per heavy atom. The first-order valence-electron chi connectivity index (χ1n) is 11.7. The summed E-state index contributed by atoms with van der Waals surface area (Å²) in [5.41, 5.74) is 0.231. The summed E-state index contributed by atoms with van der Waals surface area (Å²) >= 11 is 0. The summed E-state index contributed by atoms with van der Waals surface area (Å²) in [5, 5.41) is 0. The molecule has 1 aromatic carbocycles. The monoisotopic (exact) mass is 457 g/mol. The van der Waals surface area contributed by atoms with Crippen molar-refractivity contribution in [2.24, 2.45) is 0 Å². The third-order valence-electron chi connectivity index (χ3n) is 5.95. The van der Waals surface area contributed by atoms with Crippen LogP contribution in [-0.2, 0) is 9.53 Å². The first-order chi connectivity index (χ1) is 15.5. The fourth-order valence-corrected chi connectivity index (χ4v) is 4.35. The first-order valence-corrected chi connectivity index (χ1v) is 11.7. The maximum absolute atomic E-state index is 13.3. The molecule has 180 valence electrons. The van der Waals surface area contributed by atoms with Gasteiger partial charge in [-0.3, -0.25) is 24.1 Å². The highest BCUT2D eigenvalue weighted by Crippen LogP contribution is 2.31. The van der Waals surface area contributed by atoms with E-state index >= 15 is 0 Å². The summed E-state index contributed by atoms with van der Waals surface area (Å²) in [5.74, 6) is -1.48. The quantitative estimate of drug-likeness (QED) is 0.462. The molecule has 33 heavy (non-hydrogen) atoms. The number of fused-ring (bicyclic) bond motifs is 1. The smallest absolute Gasteiger partial charge is 0.326 e. The first kappa shape index (κ1) is 24.9. The summed E-state index contributed by atoms with van der Waals surface area (Å²) in [6.07, 6.45) is 4.79. The van der Waals surface area contributed by atoms with E-state index in [0.29, 0.717) is 18.7 Å². The normalized spacial score (nSPS) is 16.8. The van der Waals surface area contributed by atoms with Crippen molar-refractivity contribution in [2.75, 3.05) is 33.7 Å². The van der Waals surface area contributed by atoms with Crippen molar-refractivity contribution in [1.29, 1.82) is 0 Å². The van der Waals surface area contributed by atoms with Gasteiger partial charge in [-0.15, -0.1) is 0 Å². The number of likely N-dealkylation sites (N-methyl/N-ethyl adjacent to an activating group) is 1. The number of hydrogen-bond acceptors (Lipinski definition) is 6. The molecular formula is C25H35N3O5. The van der Waals surface area contributed by atoms with Gasteiger partial charge in [-0.25, -0.2) is 0 Å². The Kier molecular flexibility index (Phi) is 7.57. The van der Waals surface area contributed by atoms with E-state index in [2.05, 4.69) is 0 Å². The molecule has 0 radical (unpaired) electrons. The minimum atomic E-state index is -0.656. The molecule has 8 heteroatoms. The number of carbonyl (C=O) groups excluding carboxylic acids is 4. The van der Waals surface area contributed by atoms with Gasteiger partial charge < -0.3 is 14.5 Å². The molecule has 1 heterocycles. The molecule has 8 nitrogen and oxygen atoms in total. The highest BCUT2D eigenvalue weighted by atomic mass is 16.6. The van der Waals surface area contributed by atoms with Gasteiger partial charge in [-0.2, -0.15) is 0 Å². The van der Waals surface area contributed by atoms with Gasteiger partial charge in [0.05, 0.1) is 11.1 Å². The van der Waals surface area contributed by atoms with E-state index < -0.39 is 11.6 Å². The molecule has 0 atom stereocenters. The lowest BCUT2D eigenvalue weighted by atomic mass is 9.94. The molecule has 1 aromatic rings. The zero-order chi connectivity index (χ0) is 24.3. The number of rotatable bonds is 7. The van der Waals surface area contributed by atoms with E-state index in [4.69, 9.17) is 4.74 Å². The molecule has 1 aliphatic carbocycles. The van der Waals surface area contributed by atoms with Crippen LogP contribution in [0.5, 0.6) is 0 Å². The Labute approximate surface area is 195 Å². The number of nitrogens with zero attached hydrogens (tertiary/aromatic N) is 3. The molecule has 1 fully saturated rings. The van der Waals surface area contributed by atoms with E-state index in [9.17, 15) is 19.2 Å². The van der Waals surface area contributed by atoms with Crippen LogP contribution in [0.15, 0.2) is 18.2 Å². The standard InChI is InChI=1S/C25H35N3O5/c1-25(2,3)33-21(29)16-27(14-13-26(4)5)22(30)17-11-12-19-20(15-17)24(32)28(23(19)31)18-9-7-6-8-10-18/h11-12,15,18H,6-10,13-14,16H2,1-5H3. The maximum atomic E-state index is 13.3. The molecule has 0 spiro atoms. The van der Waals surface area contributed by atoms with Crippen LogP contribution in [0, 0.1) is 0 Å². The van der Waals surface area contributed by atoms with E-state index in [1.54, 1.807) is 32.9 Å². The summed E-state index contributed by atoms with van der Waals surface area (Å²) < 4.78 is 5.40. The van der Waals surface area contributed by atoms with Gasteiger partial charge in [0.1, 0.15) is 12.1 Å². The maximum Gasteiger partial charge on any atom is 0.326 e. The van der Waals surface area contributed by atoms with Crippen LogP contribution in [0.2, 0.25) is 0 Å². The van der Waals surface area contributed by atoms with E-state index in [-0.39, 0.29) is 41.4 Å². The topological polar surface area (TPSA) is 87.2 Å². The SMILES string of the molecule is CN(C)CCN(CC(=O)OC(C)(C)C)C(=O)c1ccc2c(c1)C(=O)N(C1CCCCC1)C2=O. The highest BCUT2D eigenvalue weighted by molar-refractivity contribution is 6.22. The van der Waals surface area contributed by atoms with Crippen molar-refractivity contribution >= 4 is 23.7 Å². The van der Waals surface area contributed by atoms with E-state index in [0.717, 1.165) is 32.1 Å². The molecule has 1 saturated carbocycles. The second-order valence-electron chi connectivity index (χ2n) is 10.1. The van der Waals surface area contributed by atoms with Gasteiger partial charge in [-0.1, -0.05) is 19.3 Å². The van der Waals surface area contributed by atoms with Crippen LogP contribution >= 0.6 is 0 Å². The lowest BCUT2D eigenvalue weighted by molar-refractivity contribution is -0.155. The molecule has 0 bridgehead atoms. The van der Waals surface area contributed by atoms with Crippen molar-refractivity contribution in [3.05, 3.63) is 34.9 Å². The third-order valence-corrected chi connectivity index (χ3v) is 5.95. The predicted octanol–water partition coefficient (Wildman–Crippen LogP) is 2.96. The third kappa shape index (κ3) is 5.99. The van der Waals surface area contributed by atoms with Crippen LogP contribution in [0.3, 0.4) is 0 Å². The molecular weight excluding hydrogens is 422 g/mol. The minimum Gasteiger partial charge on any atom is -0.459 e. The fraction of sp³-hybridized carbons (Fsp3) is 0.600. The highest BCUT2D eigenvalue weighted by Gasteiger charge is 2.40. The van der Waals surface area contributed by atoms with Gasteiger partial charge in [0, 0.05) is 24.7 Å². The van der Waals surface area contributed by atoms with Crippen molar-refractivity contribution in [3.63, 3.8) is 0 Å². The van der Waals surface area contributed by atoms with Crippen LogP contribution in [0.1, 0.15) is 83.9 Å². The zero-order valence-corrected chi connectivity index (χ0v) is 20.3. The lowest BCUT2D eigenvalue weighted by Gasteiger charge is -2.29. The van der Waals surface area contributed by atoms with Crippen LogP contribution in [0.4, 0.5) is 0 Å². The number of imide groups is 1. The Morgan fingerprint density at radius 3 is 2.24 bits per heavy atom. The van der Waals surface area contributed by atoms with Crippen molar-refractivity contribution in [2.45, 2.75) is 64.5 Å². The number of hydrogen-bond donors (Lipinski definition) is 0. The van der Waals surface area contributed by atoms with Gasteiger partial charge in [0.25, 0.3) is 17.7 Å². The number of benzene rings is 1. The predicted molar refractivity (Wildman–Crippen MR) is 124 cm³/mol.